The van der Waals surface area contributed by atoms with Crippen molar-refractivity contribution in [2.24, 2.45) is 11.8 Å². The first-order chi connectivity index (χ1) is 13.4. The molecule has 2 heterocycles. The number of hydrogen-bond donors (Lipinski definition) is 3. The molecular formula is C21H29N5O2. The second kappa shape index (κ2) is 8.91. The van der Waals surface area contributed by atoms with Gasteiger partial charge in [0.15, 0.2) is 0 Å². The lowest BCUT2D eigenvalue weighted by Gasteiger charge is -2.33. The highest BCUT2D eigenvalue weighted by atomic mass is 16.4. The normalized spacial score (nSPS) is 14.9. The summed E-state index contributed by atoms with van der Waals surface area (Å²) in [6.07, 6.45) is 5.00. The van der Waals surface area contributed by atoms with E-state index in [2.05, 4.69) is 39.3 Å². The van der Waals surface area contributed by atoms with Gasteiger partial charge in [-0.15, -0.1) is 0 Å². The van der Waals surface area contributed by atoms with Crippen molar-refractivity contribution in [1.82, 2.24) is 15.3 Å². The number of carboxylic acid groups (broad SMARTS) is 1. The van der Waals surface area contributed by atoms with Gasteiger partial charge in [-0.2, -0.15) is 0 Å². The summed E-state index contributed by atoms with van der Waals surface area (Å²) in [5, 5.41) is 14.4. The van der Waals surface area contributed by atoms with E-state index in [1.54, 1.807) is 0 Å². The highest BCUT2D eigenvalue weighted by Crippen LogP contribution is 2.26. The summed E-state index contributed by atoms with van der Waals surface area (Å²) in [5.74, 6) is 2.33. The van der Waals surface area contributed by atoms with Crippen LogP contribution in [0.2, 0.25) is 0 Å². The quantitative estimate of drug-likeness (QED) is 0.694. The number of hydrogen-bond acceptors (Lipinski definition) is 5. The maximum Gasteiger partial charge on any atom is 0.404 e. The summed E-state index contributed by atoms with van der Waals surface area (Å²) >= 11 is 0. The van der Waals surface area contributed by atoms with Crippen LogP contribution in [0.4, 0.5) is 22.1 Å². The molecule has 0 atom stereocenters. The zero-order valence-electron chi connectivity index (χ0n) is 16.8. The van der Waals surface area contributed by atoms with Crippen LogP contribution in [-0.4, -0.2) is 34.3 Å². The Bertz CT molecular complexity index is 799. The fourth-order valence-electron chi connectivity index (χ4n) is 3.62. The molecule has 3 rings (SSSR count). The number of rotatable bonds is 6. The average Bonchev–Trinajstić information content (AvgIpc) is 2.68. The third-order valence-electron chi connectivity index (χ3n) is 5.46. The minimum absolute atomic E-state index is 0.298. The highest BCUT2D eigenvalue weighted by Gasteiger charge is 2.22. The molecule has 0 unspecified atom stereocenters. The van der Waals surface area contributed by atoms with Gasteiger partial charge in [0, 0.05) is 25.3 Å². The summed E-state index contributed by atoms with van der Waals surface area (Å²) in [4.78, 5) is 22.0. The molecule has 7 heteroatoms. The Balaban J connectivity index is 1.58. The largest absolute Gasteiger partial charge is 0.465 e. The standard InChI is InChI=1S/C21H29N5O2/c1-14(2)16-6-8-26(9-7-16)20-22-12-19(13-23-20)25-18-5-4-17(15(3)10-18)11-24-21(27)28/h4-5,10,12-14,16,24-25H,6-9,11H2,1-3H3,(H,27,28). The number of benzene rings is 1. The summed E-state index contributed by atoms with van der Waals surface area (Å²) in [7, 11) is 0. The molecule has 1 fully saturated rings. The maximum absolute atomic E-state index is 10.6. The first-order valence-corrected chi connectivity index (χ1v) is 9.82. The molecule has 0 saturated carbocycles. The van der Waals surface area contributed by atoms with Gasteiger partial charge in [0.05, 0.1) is 18.1 Å². The molecule has 1 aliphatic rings. The molecule has 0 spiro atoms. The van der Waals surface area contributed by atoms with Crippen LogP contribution in [0, 0.1) is 18.8 Å². The van der Waals surface area contributed by atoms with E-state index in [1.165, 1.54) is 12.8 Å². The van der Waals surface area contributed by atoms with Crippen molar-refractivity contribution in [2.75, 3.05) is 23.3 Å². The number of nitrogens with one attached hydrogen (secondary N) is 2. The van der Waals surface area contributed by atoms with Crippen LogP contribution >= 0.6 is 0 Å². The van der Waals surface area contributed by atoms with E-state index in [-0.39, 0.29) is 0 Å². The lowest BCUT2D eigenvalue weighted by molar-refractivity contribution is 0.194. The van der Waals surface area contributed by atoms with Crippen LogP contribution in [-0.2, 0) is 6.54 Å². The van der Waals surface area contributed by atoms with Crippen molar-refractivity contribution in [3.05, 3.63) is 41.7 Å². The van der Waals surface area contributed by atoms with E-state index in [1.807, 2.05) is 37.5 Å². The molecule has 7 nitrogen and oxygen atoms in total. The SMILES string of the molecule is Cc1cc(Nc2cnc(N3CCC(C(C)C)CC3)nc2)ccc1CNC(=O)O. The van der Waals surface area contributed by atoms with E-state index in [0.717, 1.165) is 53.4 Å². The van der Waals surface area contributed by atoms with Crippen molar-refractivity contribution in [1.29, 1.82) is 0 Å². The van der Waals surface area contributed by atoms with Crippen LogP contribution in [0.3, 0.4) is 0 Å². The van der Waals surface area contributed by atoms with Gasteiger partial charge in [0.1, 0.15) is 0 Å². The van der Waals surface area contributed by atoms with Gasteiger partial charge in [0.25, 0.3) is 0 Å². The van der Waals surface area contributed by atoms with Gasteiger partial charge in [-0.3, -0.25) is 0 Å². The minimum Gasteiger partial charge on any atom is -0.465 e. The first kappa shape index (κ1) is 19.9. The lowest BCUT2D eigenvalue weighted by atomic mass is 9.87. The molecule has 1 saturated heterocycles. The molecule has 28 heavy (non-hydrogen) atoms. The Kier molecular flexibility index (Phi) is 6.34. The molecule has 1 aromatic heterocycles. The Hall–Kier alpha value is -2.83. The van der Waals surface area contributed by atoms with E-state index in [4.69, 9.17) is 5.11 Å². The van der Waals surface area contributed by atoms with E-state index in [9.17, 15) is 4.79 Å². The fourth-order valence-corrected chi connectivity index (χ4v) is 3.62. The topological polar surface area (TPSA) is 90.4 Å². The number of anilines is 3. The summed E-state index contributed by atoms with van der Waals surface area (Å²) in [6.45, 7) is 8.89. The average molecular weight is 383 g/mol. The van der Waals surface area contributed by atoms with Crippen LogP contribution in [0.15, 0.2) is 30.6 Å². The highest BCUT2D eigenvalue weighted by molar-refractivity contribution is 5.65. The van der Waals surface area contributed by atoms with Crippen molar-refractivity contribution in [2.45, 2.75) is 40.2 Å². The van der Waals surface area contributed by atoms with Gasteiger partial charge < -0.3 is 20.6 Å². The van der Waals surface area contributed by atoms with Gasteiger partial charge >= 0.3 is 6.09 Å². The van der Waals surface area contributed by atoms with Gasteiger partial charge in [-0.25, -0.2) is 14.8 Å². The fraction of sp³-hybridized carbons (Fsp3) is 0.476. The number of amides is 1. The number of aromatic nitrogens is 2. The number of piperidine rings is 1. The monoisotopic (exact) mass is 383 g/mol. The molecule has 1 amide bonds. The van der Waals surface area contributed by atoms with Crippen molar-refractivity contribution in [3.63, 3.8) is 0 Å². The summed E-state index contributed by atoms with van der Waals surface area (Å²) in [5.41, 5.74) is 3.72. The van der Waals surface area contributed by atoms with Gasteiger partial charge in [0.2, 0.25) is 5.95 Å². The lowest BCUT2D eigenvalue weighted by Crippen LogP contribution is -2.36. The molecule has 3 N–H and O–H groups in total. The van der Waals surface area contributed by atoms with Gasteiger partial charge in [-0.05, 0) is 54.9 Å². The second-order valence-corrected chi connectivity index (χ2v) is 7.77. The predicted molar refractivity (Wildman–Crippen MR) is 111 cm³/mol. The predicted octanol–water partition coefficient (Wildman–Crippen LogP) is 4.17. The van der Waals surface area contributed by atoms with Crippen molar-refractivity contribution >= 4 is 23.4 Å². The third-order valence-corrected chi connectivity index (χ3v) is 5.46. The first-order valence-electron chi connectivity index (χ1n) is 9.82. The maximum atomic E-state index is 10.6. The van der Waals surface area contributed by atoms with E-state index in [0.29, 0.717) is 6.54 Å². The smallest absolute Gasteiger partial charge is 0.404 e. The molecule has 150 valence electrons. The summed E-state index contributed by atoms with van der Waals surface area (Å²) in [6, 6.07) is 5.83. The van der Waals surface area contributed by atoms with Crippen LogP contribution in [0.1, 0.15) is 37.8 Å². The van der Waals surface area contributed by atoms with E-state index < -0.39 is 6.09 Å². The van der Waals surface area contributed by atoms with Crippen molar-refractivity contribution in [3.8, 4) is 0 Å². The molecule has 1 aromatic carbocycles. The Morgan fingerprint density at radius 3 is 2.46 bits per heavy atom. The molecular weight excluding hydrogens is 354 g/mol. The molecule has 0 bridgehead atoms. The zero-order chi connectivity index (χ0) is 20.1. The molecule has 1 aliphatic heterocycles. The Morgan fingerprint density at radius 2 is 1.89 bits per heavy atom. The Labute approximate surface area is 166 Å². The molecule has 0 radical (unpaired) electrons. The Morgan fingerprint density at radius 1 is 1.21 bits per heavy atom. The molecule has 2 aromatic rings. The second-order valence-electron chi connectivity index (χ2n) is 7.77. The van der Waals surface area contributed by atoms with Gasteiger partial charge in [-0.1, -0.05) is 19.9 Å². The van der Waals surface area contributed by atoms with Crippen molar-refractivity contribution < 1.29 is 9.90 Å². The number of aryl methyl sites for hydroxylation is 1. The third kappa shape index (κ3) is 5.12. The summed E-state index contributed by atoms with van der Waals surface area (Å²) < 4.78 is 0. The van der Waals surface area contributed by atoms with Crippen LogP contribution < -0.4 is 15.5 Å². The van der Waals surface area contributed by atoms with Crippen LogP contribution in [0.5, 0.6) is 0 Å². The zero-order valence-corrected chi connectivity index (χ0v) is 16.8. The van der Waals surface area contributed by atoms with Crippen LogP contribution in [0.25, 0.3) is 0 Å². The number of carbonyl (C=O) groups is 1. The van der Waals surface area contributed by atoms with E-state index >= 15 is 0 Å². The number of nitrogens with zero attached hydrogens (tertiary/aromatic N) is 3. The molecule has 0 aliphatic carbocycles. The minimum atomic E-state index is -1.02.